The lowest BCUT2D eigenvalue weighted by molar-refractivity contribution is -0.696. The number of hydrogen-bond acceptors (Lipinski definition) is 2. The zero-order chi connectivity index (χ0) is 23.2. The van der Waals surface area contributed by atoms with E-state index in [1.54, 1.807) is 0 Å². The van der Waals surface area contributed by atoms with Crippen molar-refractivity contribution >= 4 is 5.97 Å². The van der Waals surface area contributed by atoms with E-state index in [0.29, 0.717) is 6.42 Å². The van der Waals surface area contributed by atoms with Gasteiger partial charge in [-0.05, 0) is 38.0 Å². The third-order valence-electron chi connectivity index (χ3n) is 6.02. The maximum absolute atomic E-state index is 10.3. The van der Waals surface area contributed by atoms with E-state index in [-0.39, 0.29) is 5.92 Å². The quantitative estimate of drug-likeness (QED) is 0.185. The summed E-state index contributed by atoms with van der Waals surface area (Å²) in [5.41, 5.74) is 0. The third-order valence-corrected chi connectivity index (χ3v) is 6.02. The summed E-state index contributed by atoms with van der Waals surface area (Å²) in [6.45, 7) is 10.8. The van der Waals surface area contributed by atoms with Crippen molar-refractivity contribution in [3.63, 3.8) is 0 Å². The van der Waals surface area contributed by atoms with Gasteiger partial charge >= 0.3 is 0 Å². The van der Waals surface area contributed by atoms with Gasteiger partial charge in [0, 0.05) is 5.97 Å². The number of nitrogens with zero attached hydrogens (tertiary/aromatic N) is 2. The number of carboxylic acid groups (broad SMARTS) is 1. The van der Waals surface area contributed by atoms with Crippen molar-refractivity contribution in [1.82, 2.24) is 4.57 Å². The highest BCUT2D eigenvalue weighted by Gasteiger charge is 2.05. The van der Waals surface area contributed by atoms with Gasteiger partial charge in [-0.15, -0.1) is 0 Å². The molecule has 0 aromatic carbocycles. The van der Waals surface area contributed by atoms with E-state index >= 15 is 0 Å². The first-order chi connectivity index (χ1) is 15.1. The molecule has 0 aliphatic heterocycles. The molecule has 0 radical (unpaired) electrons. The predicted octanol–water partition coefficient (Wildman–Crippen LogP) is 6.45. The molecule has 1 aromatic heterocycles. The van der Waals surface area contributed by atoms with Crippen molar-refractivity contribution in [2.24, 2.45) is 5.92 Å². The van der Waals surface area contributed by atoms with E-state index in [9.17, 15) is 9.90 Å². The Morgan fingerprint density at radius 2 is 1.35 bits per heavy atom. The van der Waals surface area contributed by atoms with Crippen molar-refractivity contribution in [3.8, 4) is 0 Å². The van der Waals surface area contributed by atoms with Crippen LogP contribution in [0.1, 0.15) is 130 Å². The predicted molar refractivity (Wildman–Crippen MR) is 130 cm³/mol. The summed E-state index contributed by atoms with van der Waals surface area (Å²) in [5.74, 6) is -1.11. The molecule has 4 heteroatoms. The van der Waals surface area contributed by atoms with Crippen molar-refractivity contribution in [1.29, 1.82) is 0 Å². The molecule has 4 nitrogen and oxygen atoms in total. The molecule has 31 heavy (non-hydrogen) atoms. The molecule has 0 amide bonds. The number of aryl methyl sites for hydroxylation is 2. The van der Waals surface area contributed by atoms with Crippen LogP contribution in [0.3, 0.4) is 0 Å². The molecule has 0 N–H and O–H groups in total. The normalized spacial score (nSPS) is 11.7. The first kappa shape index (κ1) is 29.7. The van der Waals surface area contributed by atoms with Gasteiger partial charge in [0.25, 0.3) is 0 Å². The van der Waals surface area contributed by atoms with Gasteiger partial charge in [-0.1, -0.05) is 98.3 Å². The van der Waals surface area contributed by atoms with E-state index in [0.717, 1.165) is 19.3 Å². The van der Waals surface area contributed by atoms with Gasteiger partial charge in [-0.2, -0.15) is 0 Å². The molecule has 0 saturated carbocycles. The number of aliphatic carboxylic acids is 1. The molecule has 1 unspecified atom stereocenters. The summed E-state index contributed by atoms with van der Waals surface area (Å²) < 4.78 is 4.67. The molecule has 0 saturated heterocycles. The van der Waals surface area contributed by atoms with Gasteiger partial charge in [0.05, 0.1) is 13.1 Å². The van der Waals surface area contributed by atoms with Crippen LogP contribution in [0.5, 0.6) is 0 Å². The van der Waals surface area contributed by atoms with Crippen LogP contribution < -0.4 is 9.67 Å². The lowest BCUT2D eigenvalue weighted by Gasteiger charge is -2.14. The number of carboxylic acids is 1. The summed E-state index contributed by atoms with van der Waals surface area (Å²) in [6.07, 6.45) is 27.0. The Hall–Kier alpha value is -1.32. The van der Waals surface area contributed by atoms with Gasteiger partial charge in [0.15, 0.2) is 0 Å². The standard InChI is InChI=1S/C19H37N2.C8H16O2/c1-3-5-7-8-9-10-11-12-13-14-16-21-18-17-20(19-21)15-6-4-2;1-3-5-6-7(4-2)8(9)10/h17-19H,3-16H2,1-2H3;7H,3-6H2,1-2H3,(H,9,10)/q+1;/p-1. The highest BCUT2D eigenvalue weighted by atomic mass is 16.4. The summed E-state index contributed by atoms with van der Waals surface area (Å²) in [6, 6.07) is 0. The molecule has 1 heterocycles. The molecular formula is C27H52N2O2. The fraction of sp³-hybridized carbons (Fsp3) is 0.852. The molecule has 1 aromatic rings. The molecule has 0 bridgehead atoms. The number of carbonyl (C=O) groups excluding carboxylic acids is 1. The Labute approximate surface area is 193 Å². The molecule has 0 fully saturated rings. The third kappa shape index (κ3) is 18.0. The molecule has 0 spiro atoms. The van der Waals surface area contributed by atoms with E-state index in [1.807, 2.05) is 6.92 Å². The second-order valence-corrected chi connectivity index (χ2v) is 8.99. The molecular weight excluding hydrogens is 384 g/mol. The minimum Gasteiger partial charge on any atom is -0.550 e. The zero-order valence-electron chi connectivity index (χ0n) is 21.2. The maximum Gasteiger partial charge on any atom is 0.243 e. The number of imidazole rings is 1. The average molecular weight is 437 g/mol. The van der Waals surface area contributed by atoms with E-state index < -0.39 is 5.97 Å². The lowest BCUT2D eigenvalue weighted by Crippen LogP contribution is -2.30. The van der Waals surface area contributed by atoms with Crippen molar-refractivity contribution in [2.75, 3.05) is 0 Å². The molecule has 0 aliphatic carbocycles. The second kappa shape index (κ2) is 21.9. The van der Waals surface area contributed by atoms with Crippen LogP contribution in [0.15, 0.2) is 18.7 Å². The summed E-state index contributed by atoms with van der Waals surface area (Å²) in [7, 11) is 0. The number of aromatic nitrogens is 2. The van der Waals surface area contributed by atoms with Crippen LogP contribution in [-0.4, -0.2) is 10.5 Å². The van der Waals surface area contributed by atoms with Crippen LogP contribution >= 0.6 is 0 Å². The SMILES string of the molecule is CCCCC(CC)C(=O)[O-].CCCCCCCCCCCC[n+]1ccn(CCCC)c1. The Bertz CT molecular complexity index is 513. The van der Waals surface area contributed by atoms with Crippen molar-refractivity contribution in [2.45, 2.75) is 144 Å². The Balaban J connectivity index is 0.000000759. The van der Waals surface area contributed by atoms with Crippen LogP contribution in [0.4, 0.5) is 0 Å². The van der Waals surface area contributed by atoms with Crippen LogP contribution in [0.25, 0.3) is 0 Å². The summed E-state index contributed by atoms with van der Waals surface area (Å²) in [5, 5.41) is 10.3. The molecule has 1 atom stereocenters. The first-order valence-electron chi connectivity index (χ1n) is 13.3. The van der Waals surface area contributed by atoms with E-state index in [4.69, 9.17) is 0 Å². The second-order valence-electron chi connectivity index (χ2n) is 8.99. The monoisotopic (exact) mass is 436 g/mol. The van der Waals surface area contributed by atoms with Gasteiger partial charge < -0.3 is 9.90 Å². The highest BCUT2D eigenvalue weighted by molar-refractivity contribution is 5.67. The van der Waals surface area contributed by atoms with Crippen LogP contribution in [0, 0.1) is 5.92 Å². The van der Waals surface area contributed by atoms with E-state index in [2.05, 4.69) is 48.6 Å². The van der Waals surface area contributed by atoms with Gasteiger partial charge in [-0.25, -0.2) is 9.13 Å². The van der Waals surface area contributed by atoms with Crippen LogP contribution in [-0.2, 0) is 17.9 Å². The number of rotatable bonds is 19. The zero-order valence-corrected chi connectivity index (χ0v) is 21.2. The number of carbonyl (C=O) groups is 1. The molecule has 1 rings (SSSR count). The smallest absolute Gasteiger partial charge is 0.243 e. The van der Waals surface area contributed by atoms with Gasteiger partial charge in [-0.3, -0.25) is 0 Å². The van der Waals surface area contributed by atoms with Crippen molar-refractivity contribution in [3.05, 3.63) is 18.7 Å². The fourth-order valence-corrected chi connectivity index (χ4v) is 3.76. The lowest BCUT2D eigenvalue weighted by atomic mass is 10.00. The number of unbranched alkanes of at least 4 members (excludes halogenated alkanes) is 11. The molecule has 182 valence electrons. The minimum atomic E-state index is -0.893. The van der Waals surface area contributed by atoms with Crippen LogP contribution in [0.2, 0.25) is 0 Å². The highest BCUT2D eigenvalue weighted by Crippen LogP contribution is 2.11. The van der Waals surface area contributed by atoms with E-state index in [1.165, 1.54) is 90.1 Å². The Morgan fingerprint density at radius 3 is 1.87 bits per heavy atom. The Kier molecular flexibility index (Phi) is 21.0. The molecule has 0 aliphatic rings. The summed E-state index contributed by atoms with van der Waals surface area (Å²) >= 11 is 0. The number of hydrogen-bond donors (Lipinski definition) is 0. The minimum absolute atomic E-state index is 0.222. The average Bonchev–Trinajstić information content (AvgIpc) is 3.22. The first-order valence-corrected chi connectivity index (χ1v) is 13.3. The fourth-order valence-electron chi connectivity index (χ4n) is 3.76. The largest absolute Gasteiger partial charge is 0.550 e. The van der Waals surface area contributed by atoms with Gasteiger partial charge in [0.2, 0.25) is 6.33 Å². The Morgan fingerprint density at radius 1 is 0.806 bits per heavy atom. The van der Waals surface area contributed by atoms with Crippen molar-refractivity contribution < 1.29 is 14.5 Å². The summed E-state index contributed by atoms with van der Waals surface area (Å²) in [4.78, 5) is 10.3. The van der Waals surface area contributed by atoms with Gasteiger partial charge in [0.1, 0.15) is 12.4 Å². The maximum atomic E-state index is 10.3. The topological polar surface area (TPSA) is 48.9 Å².